The molecular weight excluding hydrogens is 527 g/mol. The van der Waals surface area contributed by atoms with Crippen LogP contribution >= 0.6 is 0 Å². The first kappa shape index (κ1) is 29.0. The Morgan fingerprint density at radius 1 is 1.03 bits per heavy atom. The van der Waals surface area contributed by atoms with E-state index in [1.165, 1.54) is 12.1 Å². The van der Waals surface area contributed by atoms with Crippen LogP contribution in [-0.2, 0) is 20.8 Å². The largest absolute Gasteiger partial charge is 0.465 e. The third kappa shape index (κ3) is 7.70. The summed E-state index contributed by atoms with van der Waals surface area (Å²) >= 11 is 0. The number of benzene rings is 2. The lowest BCUT2D eigenvalue weighted by atomic mass is 9.86. The fraction of sp³-hybridized carbons (Fsp3) is 0.400. The van der Waals surface area contributed by atoms with Crippen LogP contribution in [0.25, 0.3) is 0 Å². The fourth-order valence-electron chi connectivity index (χ4n) is 4.37. The van der Waals surface area contributed by atoms with Crippen molar-refractivity contribution in [1.29, 1.82) is 0 Å². The maximum absolute atomic E-state index is 13.1. The number of amides is 3. The van der Waals surface area contributed by atoms with Crippen molar-refractivity contribution in [1.82, 2.24) is 10.6 Å². The monoisotopic (exact) mass is 555 g/mol. The molecule has 1 fully saturated rings. The zero-order valence-corrected chi connectivity index (χ0v) is 21.3. The van der Waals surface area contributed by atoms with Gasteiger partial charge in [0, 0.05) is 6.04 Å². The molecule has 3 rings (SSSR count). The van der Waals surface area contributed by atoms with Crippen molar-refractivity contribution in [2.24, 2.45) is 5.92 Å². The molecule has 3 amide bonds. The molecule has 206 valence electrons. The van der Waals surface area contributed by atoms with Crippen LogP contribution in [0, 0.1) is 12.8 Å². The third-order valence-electron chi connectivity index (χ3n) is 6.31. The Morgan fingerprint density at radius 2 is 1.68 bits per heavy atom. The second-order valence-corrected chi connectivity index (χ2v) is 11.2. The van der Waals surface area contributed by atoms with Crippen LogP contribution in [0.1, 0.15) is 47.2 Å². The normalized spacial score (nSPS) is 17.9. The molecule has 1 saturated carbocycles. The number of carboxylic acid groups (broad SMARTS) is 1. The van der Waals surface area contributed by atoms with Gasteiger partial charge in [0.05, 0.1) is 34.0 Å². The van der Waals surface area contributed by atoms with Gasteiger partial charge in [0.1, 0.15) is 0 Å². The van der Waals surface area contributed by atoms with Crippen molar-refractivity contribution in [3.63, 3.8) is 0 Å². The molecule has 2 unspecified atom stereocenters. The molecule has 13 heteroatoms. The first-order valence-electron chi connectivity index (χ1n) is 11.8. The summed E-state index contributed by atoms with van der Waals surface area (Å²) in [4.78, 5) is 36.3. The van der Waals surface area contributed by atoms with Gasteiger partial charge in [0.25, 0.3) is 5.91 Å². The fourth-order valence-corrected chi connectivity index (χ4v) is 6.07. The zero-order valence-electron chi connectivity index (χ0n) is 20.5. The zero-order chi connectivity index (χ0) is 28.1. The van der Waals surface area contributed by atoms with Gasteiger partial charge in [0.15, 0.2) is 9.84 Å². The first-order chi connectivity index (χ1) is 17.8. The minimum Gasteiger partial charge on any atom is -0.465 e. The van der Waals surface area contributed by atoms with Crippen molar-refractivity contribution in [3.8, 4) is 0 Å². The van der Waals surface area contributed by atoms with E-state index in [0.717, 1.165) is 24.5 Å². The van der Waals surface area contributed by atoms with E-state index in [1.54, 1.807) is 12.1 Å². The Hall–Kier alpha value is -3.61. The Balaban J connectivity index is 1.66. The third-order valence-corrected chi connectivity index (χ3v) is 8.17. The van der Waals surface area contributed by atoms with E-state index in [2.05, 4.69) is 10.6 Å². The molecule has 0 spiro atoms. The van der Waals surface area contributed by atoms with Crippen molar-refractivity contribution < 1.29 is 41.1 Å². The lowest BCUT2D eigenvalue weighted by molar-refractivity contribution is -0.137. The number of hydrogen-bond acceptors (Lipinski definition) is 5. The number of carbonyl (C=O) groups excluding carboxylic acids is 2. The molecule has 2 aromatic carbocycles. The smallest absolute Gasteiger partial charge is 0.416 e. The minimum atomic E-state index is -4.77. The van der Waals surface area contributed by atoms with Gasteiger partial charge in [-0.1, -0.05) is 30.5 Å². The number of nitrogens with one attached hydrogen (secondary N) is 3. The van der Waals surface area contributed by atoms with Gasteiger partial charge in [-0.2, -0.15) is 13.2 Å². The van der Waals surface area contributed by atoms with E-state index >= 15 is 0 Å². The molecule has 0 bridgehead atoms. The summed E-state index contributed by atoms with van der Waals surface area (Å²) in [7, 11) is -3.61. The Labute approximate surface area is 217 Å². The molecule has 38 heavy (non-hydrogen) atoms. The first-order valence-corrected chi connectivity index (χ1v) is 13.5. The molecule has 0 aliphatic heterocycles. The average molecular weight is 556 g/mol. The second kappa shape index (κ2) is 11.8. The van der Waals surface area contributed by atoms with E-state index < -0.39 is 57.6 Å². The van der Waals surface area contributed by atoms with Crippen molar-refractivity contribution in [2.75, 3.05) is 17.6 Å². The highest BCUT2D eigenvalue weighted by atomic mass is 32.2. The molecule has 4 N–H and O–H groups in total. The van der Waals surface area contributed by atoms with E-state index in [9.17, 15) is 36.0 Å². The maximum atomic E-state index is 13.1. The number of halogens is 3. The highest BCUT2D eigenvalue weighted by molar-refractivity contribution is 7.91. The van der Waals surface area contributed by atoms with Crippen molar-refractivity contribution in [3.05, 3.63) is 59.2 Å². The standard InChI is InChI=1S/C25H28F3N3O6S/c1-15-6-9-18(10-7-15)38(36,37)14-16-4-2-3-5-20(16)30-22(32)13-29-23(33)19-12-17(25(26,27)28)8-11-21(19)31-24(34)35/h6-12,16,20,31H,2-5,13-14H2,1H3,(H,29,33)(H,30,32)(H,34,35). The van der Waals surface area contributed by atoms with Gasteiger partial charge in [-0.05, 0) is 56.0 Å². The summed E-state index contributed by atoms with van der Waals surface area (Å²) < 4.78 is 65.2. The quantitative estimate of drug-likeness (QED) is 0.388. The summed E-state index contributed by atoms with van der Waals surface area (Å²) in [6.45, 7) is 1.24. The molecule has 1 aliphatic rings. The number of alkyl halides is 3. The van der Waals surface area contributed by atoms with E-state index in [-0.39, 0.29) is 22.3 Å². The summed E-state index contributed by atoms with van der Waals surface area (Å²) in [5.41, 5.74) is -1.22. The predicted molar refractivity (Wildman–Crippen MR) is 133 cm³/mol. The SMILES string of the molecule is Cc1ccc(S(=O)(=O)CC2CCCCC2NC(=O)CNC(=O)c2cc(C(F)(F)F)ccc2NC(=O)O)cc1. The summed E-state index contributed by atoms with van der Waals surface area (Å²) in [6.07, 6.45) is -3.67. The van der Waals surface area contributed by atoms with Gasteiger partial charge in [-0.25, -0.2) is 13.2 Å². The number of hydrogen-bond donors (Lipinski definition) is 4. The van der Waals surface area contributed by atoms with Crippen molar-refractivity contribution in [2.45, 2.75) is 49.7 Å². The van der Waals surface area contributed by atoms with Gasteiger partial charge < -0.3 is 15.7 Å². The van der Waals surface area contributed by atoms with Gasteiger partial charge >= 0.3 is 12.3 Å². The Morgan fingerprint density at radius 3 is 2.32 bits per heavy atom. The molecule has 0 saturated heterocycles. The predicted octanol–water partition coefficient (Wildman–Crippen LogP) is 3.98. The lowest BCUT2D eigenvalue weighted by Crippen LogP contribution is -2.47. The highest BCUT2D eigenvalue weighted by Gasteiger charge is 2.33. The van der Waals surface area contributed by atoms with Crippen LogP contribution in [0.4, 0.5) is 23.7 Å². The molecule has 0 aromatic heterocycles. The molecular formula is C25H28F3N3O6S. The highest BCUT2D eigenvalue weighted by Crippen LogP contribution is 2.32. The summed E-state index contributed by atoms with van der Waals surface area (Å²) in [5, 5.41) is 15.7. The van der Waals surface area contributed by atoms with E-state index in [0.29, 0.717) is 25.0 Å². The maximum Gasteiger partial charge on any atom is 0.416 e. The van der Waals surface area contributed by atoms with E-state index in [4.69, 9.17) is 5.11 Å². The number of carbonyl (C=O) groups is 3. The molecule has 0 heterocycles. The van der Waals surface area contributed by atoms with Crippen LogP contribution in [0.2, 0.25) is 0 Å². The number of rotatable bonds is 8. The molecule has 9 nitrogen and oxygen atoms in total. The molecule has 0 radical (unpaired) electrons. The molecule has 1 aliphatic carbocycles. The molecule has 2 atom stereocenters. The second-order valence-electron chi connectivity index (χ2n) is 9.18. The summed E-state index contributed by atoms with van der Waals surface area (Å²) in [6, 6.07) is 7.96. The van der Waals surface area contributed by atoms with Crippen LogP contribution in [0.5, 0.6) is 0 Å². The van der Waals surface area contributed by atoms with Crippen molar-refractivity contribution >= 4 is 33.4 Å². The minimum absolute atomic E-state index is 0.165. The van der Waals surface area contributed by atoms with Crippen LogP contribution < -0.4 is 16.0 Å². The Kier molecular flexibility index (Phi) is 9.02. The number of sulfone groups is 1. The van der Waals surface area contributed by atoms with Crippen LogP contribution in [-0.4, -0.2) is 49.8 Å². The molecule has 2 aromatic rings. The number of anilines is 1. The van der Waals surface area contributed by atoms with Gasteiger partial charge in [0.2, 0.25) is 5.91 Å². The van der Waals surface area contributed by atoms with E-state index in [1.807, 2.05) is 12.2 Å². The Bertz CT molecular complexity index is 1300. The summed E-state index contributed by atoms with van der Waals surface area (Å²) in [5.74, 6) is -2.26. The van der Waals surface area contributed by atoms with Gasteiger partial charge in [-0.15, -0.1) is 0 Å². The van der Waals surface area contributed by atoms with Crippen LogP contribution in [0.3, 0.4) is 0 Å². The number of aryl methyl sites for hydroxylation is 1. The van der Waals surface area contributed by atoms with Crippen LogP contribution in [0.15, 0.2) is 47.4 Å². The topological polar surface area (TPSA) is 142 Å². The lowest BCUT2D eigenvalue weighted by Gasteiger charge is -2.32. The van der Waals surface area contributed by atoms with Gasteiger partial charge in [-0.3, -0.25) is 14.9 Å². The average Bonchev–Trinajstić information content (AvgIpc) is 2.83.